The van der Waals surface area contributed by atoms with E-state index >= 15 is 0 Å². The predicted octanol–water partition coefficient (Wildman–Crippen LogP) is 3.78. The molecule has 0 aliphatic rings. The Bertz CT molecular complexity index is 1110. The normalized spacial score (nSPS) is 11.0. The number of nitrogens with zero attached hydrogens (tertiary/aromatic N) is 5. The molecule has 0 saturated heterocycles. The summed E-state index contributed by atoms with van der Waals surface area (Å²) in [5, 5.41) is 14.8. The van der Waals surface area contributed by atoms with E-state index in [4.69, 9.17) is 11.6 Å². The Morgan fingerprint density at radius 3 is 2.83 bits per heavy atom. The first kappa shape index (κ1) is 13.7. The van der Waals surface area contributed by atoms with Crippen molar-refractivity contribution < 1.29 is 0 Å². The smallest absolute Gasteiger partial charge is 0.166 e. The van der Waals surface area contributed by atoms with Crippen LogP contribution in [-0.4, -0.2) is 19.6 Å². The molecule has 3 heterocycles. The number of halogens is 1. The first-order chi connectivity index (χ1) is 11.2. The van der Waals surface area contributed by atoms with Crippen LogP contribution in [0.15, 0.2) is 42.6 Å². The predicted molar refractivity (Wildman–Crippen MR) is 88.2 cm³/mol. The van der Waals surface area contributed by atoms with Crippen LogP contribution in [-0.2, 0) is 0 Å². The summed E-state index contributed by atoms with van der Waals surface area (Å²) in [7, 11) is 0. The number of fused-ring (bicyclic) bond motifs is 3. The Kier molecular flexibility index (Phi) is 3.00. The van der Waals surface area contributed by atoms with Gasteiger partial charge in [-0.1, -0.05) is 29.8 Å². The van der Waals surface area contributed by atoms with Crippen molar-refractivity contribution in [1.29, 1.82) is 5.26 Å². The Balaban J connectivity index is 2.05. The summed E-state index contributed by atoms with van der Waals surface area (Å²) in [6.07, 6.45) is 1.74. The molecule has 4 rings (SSSR count). The van der Waals surface area contributed by atoms with E-state index < -0.39 is 0 Å². The molecular formula is C17H10ClN5. The van der Waals surface area contributed by atoms with E-state index in [-0.39, 0.29) is 0 Å². The quantitative estimate of drug-likeness (QED) is 0.501. The molecule has 5 nitrogen and oxygen atoms in total. The van der Waals surface area contributed by atoms with Crippen molar-refractivity contribution in [2.24, 2.45) is 0 Å². The van der Waals surface area contributed by atoms with Crippen LogP contribution in [0, 0.1) is 18.3 Å². The summed E-state index contributed by atoms with van der Waals surface area (Å²) in [6, 6.07) is 13.3. The SMILES string of the molecule is Cc1cc2ncc3cc(-c4ccccc4C#N)c(Cl)nc3n2n1. The number of hydrogen-bond acceptors (Lipinski definition) is 4. The van der Waals surface area contributed by atoms with Crippen LogP contribution in [0.4, 0.5) is 0 Å². The fraction of sp³-hybridized carbons (Fsp3) is 0.0588. The van der Waals surface area contributed by atoms with Gasteiger partial charge in [0.2, 0.25) is 0 Å². The van der Waals surface area contributed by atoms with Crippen molar-refractivity contribution >= 4 is 28.3 Å². The number of nitriles is 1. The van der Waals surface area contributed by atoms with Crippen LogP contribution in [0.3, 0.4) is 0 Å². The number of pyridine rings is 1. The van der Waals surface area contributed by atoms with Gasteiger partial charge in [-0.2, -0.15) is 14.9 Å². The third-order valence-corrected chi connectivity index (χ3v) is 3.96. The van der Waals surface area contributed by atoms with Gasteiger partial charge in [-0.25, -0.2) is 9.97 Å². The van der Waals surface area contributed by atoms with Gasteiger partial charge in [0.05, 0.1) is 17.3 Å². The summed E-state index contributed by atoms with van der Waals surface area (Å²) in [5.41, 5.74) is 4.25. The second-order valence-corrected chi connectivity index (χ2v) is 5.57. The lowest BCUT2D eigenvalue weighted by molar-refractivity contribution is 0.939. The zero-order chi connectivity index (χ0) is 16.0. The molecule has 0 radical (unpaired) electrons. The number of benzene rings is 1. The van der Waals surface area contributed by atoms with E-state index in [1.165, 1.54) is 0 Å². The Hall–Kier alpha value is -2.97. The second-order valence-electron chi connectivity index (χ2n) is 5.21. The van der Waals surface area contributed by atoms with E-state index in [1.807, 2.05) is 37.3 Å². The second kappa shape index (κ2) is 5.04. The molecule has 0 amide bonds. The molecule has 3 aromatic heterocycles. The van der Waals surface area contributed by atoms with Gasteiger partial charge in [-0.15, -0.1) is 0 Å². The molecule has 1 aromatic carbocycles. The van der Waals surface area contributed by atoms with Crippen molar-refractivity contribution in [3.63, 3.8) is 0 Å². The fourth-order valence-electron chi connectivity index (χ4n) is 2.64. The van der Waals surface area contributed by atoms with Crippen LogP contribution >= 0.6 is 11.6 Å². The Morgan fingerprint density at radius 2 is 2.00 bits per heavy atom. The molecule has 0 spiro atoms. The number of rotatable bonds is 1. The minimum atomic E-state index is 0.334. The molecule has 0 N–H and O–H groups in total. The van der Waals surface area contributed by atoms with Gasteiger partial charge in [-0.05, 0) is 19.1 Å². The topological polar surface area (TPSA) is 66.9 Å². The van der Waals surface area contributed by atoms with Crippen molar-refractivity contribution in [3.8, 4) is 17.2 Å². The molecule has 4 aromatic rings. The minimum absolute atomic E-state index is 0.334. The number of aromatic nitrogens is 4. The van der Waals surface area contributed by atoms with Gasteiger partial charge in [0, 0.05) is 28.8 Å². The monoisotopic (exact) mass is 319 g/mol. The third kappa shape index (κ3) is 2.12. The van der Waals surface area contributed by atoms with Gasteiger partial charge in [-0.3, -0.25) is 0 Å². The first-order valence-electron chi connectivity index (χ1n) is 6.98. The van der Waals surface area contributed by atoms with Crippen LogP contribution in [0.25, 0.3) is 27.8 Å². The lowest BCUT2D eigenvalue weighted by Gasteiger charge is -2.08. The standard InChI is InChI=1S/C17H10ClN5/c1-10-6-15-20-9-12-7-14(13-5-3-2-4-11(13)8-19)16(18)21-17(12)23(15)22-10/h2-7,9H,1H3. The highest BCUT2D eigenvalue weighted by Crippen LogP contribution is 2.31. The molecule has 0 fully saturated rings. The molecule has 0 aliphatic heterocycles. The molecule has 0 aliphatic carbocycles. The van der Waals surface area contributed by atoms with Crippen molar-refractivity contribution in [2.45, 2.75) is 6.92 Å². The van der Waals surface area contributed by atoms with E-state index in [9.17, 15) is 5.26 Å². The van der Waals surface area contributed by atoms with E-state index in [0.29, 0.717) is 21.9 Å². The van der Waals surface area contributed by atoms with Crippen molar-refractivity contribution in [3.05, 3.63) is 59.0 Å². The van der Waals surface area contributed by atoms with E-state index in [0.717, 1.165) is 22.3 Å². The average Bonchev–Trinajstić information content (AvgIpc) is 2.95. The van der Waals surface area contributed by atoms with Crippen molar-refractivity contribution in [2.75, 3.05) is 0 Å². The zero-order valence-electron chi connectivity index (χ0n) is 12.2. The maximum Gasteiger partial charge on any atom is 0.166 e. The van der Waals surface area contributed by atoms with Gasteiger partial charge in [0.15, 0.2) is 11.3 Å². The third-order valence-electron chi connectivity index (χ3n) is 3.67. The maximum absolute atomic E-state index is 9.29. The van der Waals surface area contributed by atoms with Crippen LogP contribution in [0.2, 0.25) is 5.15 Å². The summed E-state index contributed by atoms with van der Waals surface area (Å²) >= 11 is 6.39. The summed E-state index contributed by atoms with van der Waals surface area (Å²) in [5.74, 6) is 0. The molecule has 23 heavy (non-hydrogen) atoms. The number of hydrogen-bond donors (Lipinski definition) is 0. The van der Waals surface area contributed by atoms with Crippen LogP contribution in [0.1, 0.15) is 11.3 Å². The highest BCUT2D eigenvalue weighted by atomic mass is 35.5. The summed E-state index contributed by atoms with van der Waals surface area (Å²) < 4.78 is 1.68. The highest BCUT2D eigenvalue weighted by molar-refractivity contribution is 6.32. The molecular weight excluding hydrogens is 310 g/mol. The first-order valence-corrected chi connectivity index (χ1v) is 7.36. The van der Waals surface area contributed by atoms with Gasteiger partial charge in [0.1, 0.15) is 5.15 Å². The molecule has 0 atom stereocenters. The van der Waals surface area contributed by atoms with Gasteiger partial charge < -0.3 is 0 Å². The number of aryl methyl sites for hydroxylation is 1. The molecule has 110 valence electrons. The largest absolute Gasteiger partial charge is 0.236 e. The molecule has 0 unspecified atom stereocenters. The molecule has 0 bridgehead atoms. The molecule has 6 heteroatoms. The lowest BCUT2D eigenvalue weighted by atomic mass is 10.0. The maximum atomic E-state index is 9.29. The zero-order valence-corrected chi connectivity index (χ0v) is 12.9. The van der Waals surface area contributed by atoms with Gasteiger partial charge >= 0.3 is 0 Å². The van der Waals surface area contributed by atoms with Crippen LogP contribution in [0.5, 0.6) is 0 Å². The summed E-state index contributed by atoms with van der Waals surface area (Å²) in [4.78, 5) is 8.87. The highest BCUT2D eigenvalue weighted by Gasteiger charge is 2.13. The Morgan fingerprint density at radius 1 is 1.17 bits per heavy atom. The van der Waals surface area contributed by atoms with Crippen LogP contribution < -0.4 is 0 Å². The minimum Gasteiger partial charge on any atom is -0.236 e. The van der Waals surface area contributed by atoms with E-state index in [2.05, 4.69) is 21.1 Å². The van der Waals surface area contributed by atoms with Crippen molar-refractivity contribution in [1.82, 2.24) is 19.6 Å². The molecule has 0 saturated carbocycles. The Labute approximate surface area is 136 Å². The summed E-state index contributed by atoms with van der Waals surface area (Å²) in [6.45, 7) is 1.90. The average molecular weight is 320 g/mol. The fourth-order valence-corrected chi connectivity index (χ4v) is 2.87. The van der Waals surface area contributed by atoms with Gasteiger partial charge in [0.25, 0.3) is 0 Å². The lowest BCUT2D eigenvalue weighted by Crippen LogP contribution is -1.97. The van der Waals surface area contributed by atoms with E-state index in [1.54, 1.807) is 16.8 Å².